The molecule has 0 amide bonds. The Morgan fingerprint density at radius 3 is 2.48 bits per heavy atom. The SMILES string of the molecule is C[C@@H]1CC[C@]2(C(=O)O)CC[C@]3(C)C(=CC[C@@H]4[C@@]5(C)Cc6cc7cnoc7nc6C(C)(C)[C@@H]5CC[C@]43C)[C@@H]2[C@@]1(C)Cc1ccccc1. The van der Waals surface area contributed by atoms with Crippen LogP contribution in [0.25, 0.3) is 11.1 Å². The Morgan fingerprint density at radius 2 is 1.74 bits per heavy atom. The van der Waals surface area contributed by atoms with Gasteiger partial charge in [0, 0.05) is 11.3 Å². The minimum Gasteiger partial charge on any atom is -0.481 e. The second-order valence-corrected chi connectivity index (χ2v) is 17.9. The van der Waals surface area contributed by atoms with E-state index in [1.807, 2.05) is 0 Å². The van der Waals surface area contributed by atoms with E-state index in [-0.39, 0.29) is 33.0 Å². The van der Waals surface area contributed by atoms with Gasteiger partial charge in [-0.3, -0.25) is 4.79 Å². The lowest BCUT2D eigenvalue weighted by molar-refractivity contribution is -0.188. The molecule has 2 aromatic heterocycles. The van der Waals surface area contributed by atoms with Crippen molar-refractivity contribution in [3.05, 3.63) is 71.1 Å². The van der Waals surface area contributed by atoms with Crippen molar-refractivity contribution in [3.8, 4) is 0 Å². The summed E-state index contributed by atoms with van der Waals surface area (Å²) in [4.78, 5) is 18.6. The number of carboxylic acids is 1. The first-order valence-corrected chi connectivity index (χ1v) is 17.9. The molecule has 3 saturated carbocycles. The molecule has 0 radical (unpaired) electrons. The number of aliphatic carboxylic acids is 1. The molecule has 3 fully saturated rings. The number of nitrogens with zero attached hydrogens (tertiary/aromatic N) is 2. The molecule has 0 bridgehead atoms. The van der Waals surface area contributed by atoms with Gasteiger partial charge >= 0.3 is 5.97 Å². The van der Waals surface area contributed by atoms with Crippen LogP contribution >= 0.6 is 0 Å². The summed E-state index contributed by atoms with van der Waals surface area (Å²) < 4.78 is 5.53. The molecule has 5 aliphatic rings. The van der Waals surface area contributed by atoms with Crippen LogP contribution in [0.15, 0.2) is 58.8 Å². The zero-order chi connectivity index (χ0) is 32.5. The van der Waals surface area contributed by atoms with E-state index in [4.69, 9.17) is 9.51 Å². The summed E-state index contributed by atoms with van der Waals surface area (Å²) in [7, 11) is 0. The number of allylic oxidation sites excluding steroid dienone is 2. The van der Waals surface area contributed by atoms with Crippen LogP contribution in [-0.2, 0) is 23.1 Å². The number of aromatic nitrogens is 2. The van der Waals surface area contributed by atoms with Crippen molar-refractivity contribution in [2.45, 2.75) is 112 Å². The Hall–Kier alpha value is -2.95. The van der Waals surface area contributed by atoms with Gasteiger partial charge in [-0.1, -0.05) is 95.6 Å². The van der Waals surface area contributed by atoms with E-state index in [2.05, 4.69) is 96.1 Å². The smallest absolute Gasteiger partial charge is 0.310 e. The van der Waals surface area contributed by atoms with Crippen LogP contribution in [-0.4, -0.2) is 21.2 Å². The topological polar surface area (TPSA) is 76.2 Å². The predicted octanol–water partition coefficient (Wildman–Crippen LogP) is 9.59. The first-order chi connectivity index (χ1) is 21.7. The fourth-order valence-corrected chi connectivity index (χ4v) is 13.2. The number of hydrogen-bond donors (Lipinski definition) is 1. The molecule has 1 N–H and O–H groups in total. The summed E-state index contributed by atoms with van der Waals surface area (Å²) in [5, 5.41) is 16.2. The Kier molecular flexibility index (Phi) is 6.32. The second kappa shape index (κ2) is 9.57. The molecule has 0 aliphatic heterocycles. The second-order valence-electron chi connectivity index (χ2n) is 17.9. The average Bonchev–Trinajstić information content (AvgIpc) is 3.46. The van der Waals surface area contributed by atoms with Gasteiger partial charge in [0.25, 0.3) is 5.71 Å². The maximum atomic E-state index is 13.6. The number of carbonyl (C=O) groups is 1. The zero-order valence-corrected chi connectivity index (χ0v) is 29.0. The van der Waals surface area contributed by atoms with E-state index < -0.39 is 11.4 Å². The van der Waals surface area contributed by atoms with Gasteiger partial charge in [0.1, 0.15) is 0 Å². The molecular formula is C41H52N2O3. The molecule has 46 heavy (non-hydrogen) atoms. The van der Waals surface area contributed by atoms with Crippen LogP contribution in [0, 0.1) is 50.7 Å². The van der Waals surface area contributed by atoms with Crippen LogP contribution in [0.3, 0.4) is 0 Å². The molecule has 9 atom stereocenters. The van der Waals surface area contributed by atoms with Gasteiger partial charge in [0.15, 0.2) is 0 Å². The number of carboxylic acid groups (broad SMARTS) is 1. The molecule has 3 aromatic rings. The van der Waals surface area contributed by atoms with Crippen molar-refractivity contribution in [1.29, 1.82) is 0 Å². The summed E-state index contributed by atoms with van der Waals surface area (Å²) in [6, 6.07) is 13.2. The fourth-order valence-electron chi connectivity index (χ4n) is 13.2. The zero-order valence-electron chi connectivity index (χ0n) is 29.0. The molecule has 1 aromatic carbocycles. The molecule has 5 aliphatic carbocycles. The van der Waals surface area contributed by atoms with Crippen LogP contribution in [0.1, 0.15) is 110 Å². The monoisotopic (exact) mass is 620 g/mol. The summed E-state index contributed by atoms with van der Waals surface area (Å²) in [6.45, 7) is 17.5. The normalized spacial score (nSPS) is 42.5. The van der Waals surface area contributed by atoms with E-state index in [0.717, 1.165) is 50.3 Å². The summed E-state index contributed by atoms with van der Waals surface area (Å²) in [6.07, 6.45) is 13.3. The number of hydrogen-bond acceptors (Lipinski definition) is 4. The fraction of sp³-hybridized carbons (Fsp3) is 0.634. The number of rotatable bonds is 3. The molecule has 0 unspecified atom stereocenters. The van der Waals surface area contributed by atoms with Gasteiger partial charge in [-0.2, -0.15) is 0 Å². The molecule has 8 rings (SSSR count). The Morgan fingerprint density at radius 1 is 0.978 bits per heavy atom. The highest BCUT2D eigenvalue weighted by Gasteiger charge is 2.71. The number of benzene rings is 1. The highest BCUT2D eigenvalue weighted by molar-refractivity contribution is 5.77. The third-order valence-electron chi connectivity index (χ3n) is 15.9. The van der Waals surface area contributed by atoms with E-state index in [1.165, 1.54) is 35.2 Å². The summed E-state index contributed by atoms with van der Waals surface area (Å²) in [5.41, 5.74) is 5.29. The average molecular weight is 621 g/mol. The van der Waals surface area contributed by atoms with Crippen LogP contribution in [0.5, 0.6) is 0 Å². The largest absolute Gasteiger partial charge is 0.481 e. The maximum absolute atomic E-state index is 13.6. The Labute approximate surface area is 274 Å². The van der Waals surface area contributed by atoms with Gasteiger partial charge in [0.2, 0.25) is 0 Å². The Bertz CT molecular complexity index is 1760. The number of pyridine rings is 1. The van der Waals surface area contributed by atoms with Crippen molar-refractivity contribution in [2.75, 3.05) is 0 Å². The first-order valence-electron chi connectivity index (χ1n) is 17.9. The molecule has 2 heterocycles. The van der Waals surface area contributed by atoms with E-state index in [9.17, 15) is 9.90 Å². The standard InChI is InChI=1S/C41H52N2O3/c1-25-15-18-41(35(44)45)20-19-39(6)29(32(41)37(25,4)22-26-11-9-8-10-12-26)13-14-31-38(5)23-27-21-28-24-42-46-34(28)43-33(27)36(2,3)30(38)16-17-40(31,39)7/h8-13,21,24-25,30-32H,14-20,22-23H2,1-7H3,(H,44,45)/t25-,30+,31-,32-,37+,38+,39-,40-,41+/m1/s1. The summed E-state index contributed by atoms with van der Waals surface area (Å²) in [5.74, 6) is 0.948. The molecule has 5 nitrogen and oxygen atoms in total. The van der Waals surface area contributed by atoms with E-state index in [1.54, 1.807) is 6.20 Å². The predicted molar refractivity (Wildman–Crippen MR) is 181 cm³/mol. The van der Waals surface area contributed by atoms with E-state index >= 15 is 0 Å². The lowest BCUT2D eigenvalue weighted by Gasteiger charge is -2.71. The number of fused-ring (bicyclic) bond motifs is 9. The Balaban J connectivity index is 1.27. The van der Waals surface area contributed by atoms with Crippen LogP contribution in [0.4, 0.5) is 0 Å². The third kappa shape index (κ3) is 3.66. The minimum atomic E-state index is -0.687. The third-order valence-corrected chi connectivity index (χ3v) is 15.9. The van der Waals surface area contributed by atoms with Crippen molar-refractivity contribution in [1.82, 2.24) is 10.1 Å². The molecule has 5 heteroatoms. The molecule has 0 saturated heterocycles. The van der Waals surface area contributed by atoms with Gasteiger partial charge in [0.05, 0.1) is 22.7 Å². The van der Waals surface area contributed by atoms with Crippen LogP contribution < -0.4 is 0 Å². The van der Waals surface area contributed by atoms with Crippen LogP contribution in [0.2, 0.25) is 0 Å². The molecule has 0 spiro atoms. The van der Waals surface area contributed by atoms with Gasteiger partial charge in [-0.05, 0) is 114 Å². The van der Waals surface area contributed by atoms with Gasteiger partial charge < -0.3 is 9.63 Å². The molecular weight excluding hydrogens is 568 g/mol. The highest BCUT2D eigenvalue weighted by Crippen LogP contribution is 2.76. The van der Waals surface area contributed by atoms with Crippen molar-refractivity contribution in [2.24, 2.45) is 50.7 Å². The highest BCUT2D eigenvalue weighted by atomic mass is 16.5. The quantitative estimate of drug-likeness (QED) is 0.295. The summed E-state index contributed by atoms with van der Waals surface area (Å²) >= 11 is 0. The lowest BCUT2D eigenvalue weighted by atomic mass is 9.32. The minimum absolute atomic E-state index is 0.0381. The van der Waals surface area contributed by atoms with E-state index in [0.29, 0.717) is 23.5 Å². The van der Waals surface area contributed by atoms with Crippen molar-refractivity contribution in [3.63, 3.8) is 0 Å². The first kappa shape index (κ1) is 30.4. The maximum Gasteiger partial charge on any atom is 0.310 e. The van der Waals surface area contributed by atoms with Crippen molar-refractivity contribution >= 4 is 17.1 Å². The van der Waals surface area contributed by atoms with Gasteiger partial charge in [-0.15, -0.1) is 0 Å². The lowest BCUT2D eigenvalue weighted by Crippen LogP contribution is -2.66. The van der Waals surface area contributed by atoms with Gasteiger partial charge in [-0.25, -0.2) is 4.98 Å². The van der Waals surface area contributed by atoms with Crippen molar-refractivity contribution < 1.29 is 14.4 Å². The molecule has 244 valence electrons.